The Kier molecular flexibility index (Phi) is 5.06. The Morgan fingerprint density at radius 2 is 1.70 bits per heavy atom. The van der Waals surface area contributed by atoms with Crippen LogP contribution in [0.1, 0.15) is 0 Å². The van der Waals surface area contributed by atoms with E-state index in [4.69, 9.17) is 14.2 Å². The molecular formula is C17H14FNO3S. The van der Waals surface area contributed by atoms with Crippen LogP contribution in [0.4, 0.5) is 4.39 Å². The van der Waals surface area contributed by atoms with Gasteiger partial charge in [0.2, 0.25) is 0 Å². The summed E-state index contributed by atoms with van der Waals surface area (Å²) in [5.74, 6) is 1.44. The molecule has 0 amide bonds. The van der Waals surface area contributed by atoms with Crippen LogP contribution in [-0.4, -0.2) is 18.2 Å². The highest BCUT2D eigenvalue weighted by molar-refractivity contribution is 7.11. The van der Waals surface area contributed by atoms with Crippen LogP contribution in [-0.2, 0) is 0 Å². The third kappa shape index (κ3) is 4.69. The quantitative estimate of drug-likeness (QED) is 0.596. The Morgan fingerprint density at radius 3 is 2.43 bits per heavy atom. The van der Waals surface area contributed by atoms with Gasteiger partial charge in [-0.15, -0.1) is 0 Å². The minimum absolute atomic E-state index is 0.331. The highest BCUT2D eigenvalue weighted by Gasteiger charge is 2.01. The first kappa shape index (κ1) is 15.3. The largest absolute Gasteiger partial charge is 0.490 e. The molecule has 23 heavy (non-hydrogen) atoms. The summed E-state index contributed by atoms with van der Waals surface area (Å²) in [5.41, 5.74) is 0. The molecule has 0 aliphatic carbocycles. The lowest BCUT2D eigenvalue weighted by Crippen LogP contribution is -2.08. The summed E-state index contributed by atoms with van der Waals surface area (Å²) < 4.78 is 29.6. The van der Waals surface area contributed by atoms with E-state index in [1.54, 1.807) is 42.6 Å². The molecule has 0 aliphatic heterocycles. The van der Waals surface area contributed by atoms with E-state index >= 15 is 0 Å². The molecule has 3 rings (SSSR count). The van der Waals surface area contributed by atoms with Crippen molar-refractivity contribution in [2.24, 2.45) is 0 Å². The predicted molar refractivity (Wildman–Crippen MR) is 86.0 cm³/mol. The molecule has 6 heteroatoms. The summed E-state index contributed by atoms with van der Waals surface area (Å²) in [7, 11) is 0. The van der Waals surface area contributed by atoms with E-state index in [9.17, 15) is 4.39 Å². The van der Waals surface area contributed by atoms with Crippen molar-refractivity contribution in [3.63, 3.8) is 0 Å². The summed E-state index contributed by atoms with van der Waals surface area (Å²) in [6.07, 6.45) is 1.69. The number of nitrogens with zero attached hydrogens (tertiary/aromatic N) is 1. The average Bonchev–Trinajstić information content (AvgIpc) is 3.07. The van der Waals surface area contributed by atoms with Crippen molar-refractivity contribution in [2.75, 3.05) is 13.2 Å². The Balaban J connectivity index is 1.47. The van der Waals surface area contributed by atoms with Crippen LogP contribution in [0.25, 0.3) is 0 Å². The van der Waals surface area contributed by atoms with Crippen LogP contribution in [0.5, 0.6) is 22.4 Å². The molecule has 3 aromatic rings. The van der Waals surface area contributed by atoms with Gasteiger partial charge in [0.15, 0.2) is 0 Å². The number of ether oxygens (including phenoxy) is 3. The van der Waals surface area contributed by atoms with Gasteiger partial charge in [0.05, 0.1) is 0 Å². The molecule has 4 nitrogen and oxygen atoms in total. The zero-order chi connectivity index (χ0) is 15.9. The van der Waals surface area contributed by atoms with E-state index in [1.807, 2.05) is 5.38 Å². The lowest BCUT2D eigenvalue weighted by Gasteiger charge is -2.08. The third-order valence-corrected chi connectivity index (χ3v) is 3.53. The SMILES string of the molecule is Fc1cccc(Oc2ccc(OCCOc3nccs3)cc2)c1. The fourth-order valence-electron chi connectivity index (χ4n) is 1.84. The van der Waals surface area contributed by atoms with Crippen LogP contribution in [0.15, 0.2) is 60.1 Å². The van der Waals surface area contributed by atoms with Gasteiger partial charge in [0, 0.05) is 17.6 Å². The van der Waals surface area contributed by atoms with E-state index < -0.39 is 0 Å². The number of hydrogen-bond donors (Lipinski definition) is 0. The van der Waals surface area contributed by atoms with Crippen molar-refractivity contribution < 1.29 is 18.6 Å². The molecule has 0 bridgehead atoms. The fraction of sp³-hybridized carbons (Fsp3) is 0.118. The normalized spacial score (nSPS) is 10.3. The lowest BCUT2D eigenvalue weighted by atomic mass is 10.3. The Labute approximate surface area is 137 Å². The van der Waals surface area contributed by atoms with Crippen molar-refractivity contribution >= 4 is 11.3 Å². The molecule has 1 aromatic heterocycles. The Bertz CT molecular complexity index is 732. The minimum atomic E-state index is -0.331. The first-order chi connectivity index (χ1) is 11.3. The smallest absolute Gasteiger partial charge is 0.273 e. The predicted octanol–water partition coefficient (Wildman–Crippen LogP) is 4.53. The lowest BCUT2D eigenvalue weighted by molar-refractivity contribution is 0.216. The second-order valence-corrected chi connectivity index (χ2v) is 5.38. The molecule has 0 N–H and O–H groups in total. The van der Waals surface area contributed by atoms with Crippen molar-refractivity contribution in [1.29, 1.82) is 0 Å². The number of benzene rings is 2. The van der Waals surface area contributed by atoms with E-state index in [0.717, 1.165) is 0 Å². The van der Waals surface area contributed by atoms with Crippen molar-refractivity contribution in [1.82, 2.24) is 4.98 Å². The molecule has 0 radical (unpaired) electrons. The molecule has 2 aromatic carbocycles. The molecule has 0 atom stereocenters. The van der Waals surface area contributed by atoms with Crippen LogP contribution in [0.2, 0.25) is 0 Å². The monoisotopic (exact) mass is 331 g/mol. The molecule has 0 aliphatic rings. The summed E-state index contributed by atoms with van der Waals surface area (Å²) in [4.78, 5) is 4.02. The second-order valence-electron chi connectivity index (χ2n) is 4.53. The standard InChI is InChI=1S/C17H14FNO3S/c18-13-2-1-3-16(12-13)22-15-6-4-14(5-7-15)20-9-10-21-17-19-8-11-23-17/h1-8,11-12H,9-10H2. The maximum absolute atomic E-state index is 13.1. The van der Waals surface area contributed by atoms with E-state index in [0.29, 0.717) is 35.7 Å². The molecule has 0 fully saturated rings. The number of hydrogen-bond acceptors (Lipinski definition) is 5. The number of halogens is 1. The fourth-order valence-corrected chi connectivity index (χ4v) is 2.35. The van der Waals surface area contributed by atoms with E-state index in [1.165, 1.54) is 23.5 Å². The van der Waals surface area contributed by atoms with Gasteiger partial charge in [-0.25, -0.2) is 9.37 Å². The van der Waals surface area contributed by atoms with Gasteiger partial charge in [0.1, 0.15) is 36.3 Å². The van der Waals surface area contributed by atoms with Crippen molar-refractivity contribution in [2.45, 2.75) is 0 Å². The first-order valence-corrected chi connectivity index (χ1v) is 7.86. The summed E-state index contributed by atoms with van der Waals surface area (Å²) in [6.45, 7) is 0.846. The molecule has 0 saturated carbocycles. The van der Waals surface area contributed by atoms with Gasteiger partial charge < -0.3 is 14.2 Å². The molecular weight excluding hydrogens is 317 g/mol. The van der Waals surface area contributed by atoms with Gasteiger partial charge in [-0.3, -0.25) is 0 Å². The topological polar surface area (TPSA) is 40.6 Å². The van der Waals surface area contributed by atoms with Crippen LogP contribution in [0.3, 0.4) is 0 Å². The molecule has 0 saturated heterocycles. The third-order valence-electron chi connectivity index (χ3n) is 2.84. The number of thiazole rings is 1. The van der Waals surface area contributed by atoms with Gasteiger partial charge >= 0.3 is 0 Å². The van der Waals surface area contributed by atoms with Crippen LogP contribution < -0.4 is 14.2 Å². The highest BCUT2D eigenvalue weighted by atomic mass is 32.1. The van der Waals surface area contributed by atoms with E-state index in [2.05, 4.69) is 4.98 Å². The van der Waals surface area contributed by atoms with Crippen molar-refractivity contribution in [3.05, 3.63) is 65.9 Å². The molecule has 0 spiro atoms. The molecule has 118 valence electrons. The highest BCUT2D eigenvalue weighted by Crippen LogP contribution is 2.24. The molecule has 1 heterocycles. The molecule has 0 unspecified atom stereocenters. The zero-order valence-electron chi connectivity index (χ0n) is 12.1. The van der Waals surface area contributed by atoms with Gasteiger partial charge in [-0.2, -0.15) is 0 Å². The maximum Gasteiger partial charge on any atom is 0.273 e. The Morgan fingerprint density at radius 1 is 0.913 bits per heavy atom. The summed E-state index contributed by atoms with van der Waals surface area (Å²) >= 11 is 1.44. The van der Waals surface area contributed by atoms with Crippen LogP contribution in [0, 0.1) is 5.82 Å². The average molecular weight is 331 g/mol. The van der Waals surface area contributed by atoms with Gasteiger partial charge in [-0.05, 0) is 36.4 Å². The number of rotatable bonds is 7. The van der Waals surface area contributed by atoms with Crippen LogP contribution >= 0.6 is 11.3 Å². The second kappa shape index (κ2) is 7.60. The van der Waals surface area contributed by atoms with E-state index in [-0.39, 0.29) is 5.82 Å². The summed E-state index contributed by atoms with van der Waals surface area (Å²) in [5, 5.41) is 2.49. The zero-order valence-corrected chi connectivity index (χ0v) is 13.0. The van der Waals surface area contributed by atoms with Gasteiger partial charge in [0.25, 0.3) is 5.19 Å². The minimum Gasteiger partial charge on any atom is -0.490 e. The summed E-state index contributed by atoms with van der Waals surface area (Å²) in [6, 6.07) is 13.1. The first-order valence-electron chi connectivity index (χ1n) is 6.98. The van der Waals surface area contributed by atoms with Gasteiger partial charge in [-0.1, -0.05) is 17.4 Å². The van der Waals surface area contributed by atoms with Crippen molar-refractivity contribution in [3.8, 4) is 22.4 Å². The Hall–Kier alpha value is -2.60. The maximum atomic E-state index is 13.1. The number of aromatic nitrogens is 1.